The van der Waals surface area contributed by atoms with Crippen molar-refractivity contribution in [1.82, 2.24) is 4.90 Å². The number of methoxy groups -OCH3 is 1. The van der Waals surface area contributed by atoms with Gasteiger partial charge in [-0.2, -0.15) is 0 Å². The molecule has 5 heteroatoms. The van der Waals surface area contributed by atoms with E-state index in [-0.39, 0.29) is 24.5 Å². The number of carboxylic acid groups (broad SMARTS) is 1. The summed E-state index contributed by atoms with van der Waals surface area (Å²) in [6.07, 6.45) is 5.76. The number of hydrogen-bond donors (Lipinski definition) is 1. The Morgan fingerprint density at radius 3 is 2.59 bits per heavy atom. The standard InChI is InChI=1S/C17H29NO4/c1-16(2)7-5-4-6-13(16)10-14(19)18-9-8-17(11-18,12-22-3)15(20)21/h13H,4-12H2,1-3H3,(H,20,21). The lowest BCUT2D eigenvalue weighted by atomic mass is 9.67. The molecule has 22 heavy (non-hydrogen) atoms. The van der Waals surface area contributed by atoms with Crippen LogP contribution < -0.4 is 0 Å². The lowest BCUT2D eigenvalue weighted by Crippen LogP contribution is -2.41. The summed E-state index contributed by atoms with van der Waals surface area (Å²) in [5.41, 5.74) is -0.712. The van der Waals surface area contributed by atoms with E-state index in [1.165, 1.54) is 26.4 Å². The molecule has 126 valence electrons. The molecule has 1 amide bonds. The van der Waals surface area contributed by atoms with Crippen molar-refractivity contribution in [3.8, 4) is 0 Å². The van der Waals surface area contributed by atoms with Crippen LogP contribution in [-0.4, -0.2) is 48.7 Å². The van der Waals surface area contributed by atoms with Crippen LogP contribution in [0.25, 0.3) is 0 Å². The van der Waals surface area contributed by atoms with Crippen molar-refractivity contribution in [2.24, 2.45) is 16.7 Å². The molecule has 0 spiro atoms. The minimum Gasteiger partial charge on any atom is -0.481 e. The zero-order valence-electron chi connectivity index (χ0n) is 14.1. The summed E-state index contributed by atoms with van der Waals surface area (Å²) in [5, 5.41) is 9.48. The molecule has 1 saturated carbocycles. The molecule has 2 unspecified atom stereocenters. The normalized spacial score (nSPS) is 31.2. The molecule has 1 heterocycles. The fraction of sp³-hybridized carbons (Fsp3) is 0.882. The number of carbonyl (C=O) groups excluding carboxylic acids is 1. The van der Waals surface area contributed by atoms with Crippen molar-refractivity contribution in [2.75, 3.05) is 26.8 Å². The molecule has 0 aromatic rings. The minimum atomic E-state index is -0.924. The lowest BCUT2D eigenvalue weighted by Gasteiger charge is -2.39. The first-order valence-corrected chi connectivity index (χ1v) is 8.31. The van der Waals surface area contributed by atoms with E-state index in [0.717, 1.165) is 6.42 Å². The van der Waals surface area contributed by atoms with Crippen LogP contribution in [0.2, 0.25) is 0 Å². The van der Waals surface area contributed by atoms with Crippen LogP contribution >= 0.6 is 0 Å². The SMILES string of the molecule is COCC1(C(=O)O)CCN(C(=O)CC2CCCCC2(C)C)C1. The van der Waals surface area contributed by atoms with Crippen LogP contribution in [0.15, 0.2) is 0 Å². The van der Waals surface area contributed by atoms with E-state index in [0.29, 0.717) is 25.3 Å². The van der Waals surface area contributed by atoms with Crippen LogP contribution in [0.4, 0.5) is 0 Å². The number of likely N-dealkylation sites (tertiary alicyclic amines) is 1. The fourth-order valence-corrected chi connectivity index (χ4v) is 4.00. The molecule has 0 aromatic carbocycles. The first-order valence-electron chi connectivity index (χ1n) is 8.31. The van der Waals surface area contributed by atoms with E-state index >= 15 is 0 Å². The Hall–Kier alpha value is -1.10. The van der Waals surface area contributed by atoms with Gasteiger partial charge in [-0.3, -0.25) is 9.59 Å². The number of carbonyl (C=O) groups is 2. The Morgan fingerprint density at radius 2 is 2.00 bits per heavy atom. The summed E-state index contributed by atoms with van der Waals surface area (Å²) >= 11 is 0. The van der Waals surface area contributed by atoms with Gasteiger partial charge in [-0.05, 0) is 30.6 Å². The molecule has 1 aliphatic heterocycles. The Labute approximate surface area is 133 Å². The van der Waals surface area contributed by atoms with Crippen LogP contribution in [0.5, 0.6) is 0 Å². The van der Waals surface area contributed by atoms with Crippen molar-refractivity contribution < 1.29 is 19.4 Å². The number of aliphatic carboxylic acids is 1. The molecule has 2 fully saturated rings. The summed E-state index contributed by atoms with van der Waals surface area (Å²) in [7, 11) is 1.51. The summed E-state index contributed by atoms with van der Waals surface area (Å²) in [4.78, 5) is 25.9. The van der Waals surface area contributed by atoms with Crippen molar-refractivity contribution in [3.63, 3.8) is 0 Å². The van der Waals surface area contributed by atoms with Crippen molar-refractivity contribution in [1.29, 1.82) is 0 Å². The average molecular weight is 311 g/mol. The third-order valence-corrected chi connectivity index (χ3v) is 5.73. The zero-order chi connectivity index (χ0) is 16.4. The van der Waals surface area contributed by atoms with Gasteiger partial charge in [0.1, 0.15) is 5.41 Å². The van der Waals surface area contributed by atoms with Crippen LogP contribution in [0.1, 0.15) is 52.4 Å². The van der Waals surface area contributed by atoms with Crippen LogP contribution in [0.3, 0.4) is 0 Å². The Bertz CT molecular complexity index is 434. The Morgan fingerprint density at radius 1 is 1.27 bits per heavy atom. The van der Waals surface area contributed by atoms with E-state index in [9.17, 15) is 14.7 Å². The maximum atomic E-state index is 12.6. The Balaban J connectivity index is 1.98. The Kier molecular flexibility index (Phi) is 5.15. The molecule has 2 aliphatic rings. The van der Waals surface area contributed by atoms with Gasteiger partial charge in [-0.25, -0.2) is 0 Å². The van der Waals surface area contributed by atoms with Gasteiger partial charge in [-0.15, -0.1) is 0 Å². The molecular weight excluding hydrogens is 282 g/mol. The monoisotopic (exact) mass is 311 g/mol. The molecule has 0 aromatic heterocycles. The first-order chi connectivity index (χ1) is 10.3. The van der Waals surface area contributed by atoms with Crippen LogP contribution in [0, 0.1) is 16.7 Å². The van der Waals surface area contributed by atoms with Gasteiger partial charge in [0, 0.05) is 26.6 Å². The molecule has 1 saturated heterocycles. The van der Waals surface area contributed by atoms with Gasteiger partial charge in [0.15, 0.2) is 0 Å². The maximum absolute atomic E-state index is 12.6. The third-order valence-electron chi connectivity index (χ3n) is 5.73. The van der Waals surface area contributed by atoms with Crippen molar-refractivity contribution in [3.05, 3.63) is 0 Å². The fourth-order valence-electron chi connectivity index (χ4n) is 4.00. The molecule has 5 nitrogen and oxygen atoms in total. The average Bonchev–Trinajstić information content (AvgIpc) is 2.87. The lowest BCUT2D eigenvalue weighted by molar-refractivity contribution is -0.151. The largest absolute Gasteiger partial charge is 0.481 e. The van der Waals surface area contributed by atoms with Gasteiger partial charge in [0.05, 0.1) is 6.61 Å². The smallest absolute Gasteiger partial charge is 0.313 e. The molecular formula is C17H29NO4. The predicted molar refractivity (Wildman–Crippen MR) is 83.5 cm³/mol. The van der Waals surface area contributed by atoms with Gasteiger partial charge in [0.25, 0.3) is 0 Å². The topological polar surface area (TPSA) is 66.8 Å². The zero-order valence-corrected chi connectivity index (χ0v) is 14.1. The number of ether oxygens (including phenoxy) is 1. The first kappa shape index (κ1) is 17.3. The van der Waals surface area contributed by atoms with E-state index in [1.54, 1.807) is 4.90 Å². The van der Waals surface area contributed by atoms with E-state index in [1.807, 2.05) is 0 Å². The highest BCUT2D eigenvalue weighted by molar-refractivity contribution is 5.81. The van der Waals surface area contributed by atoms with Gasteiger partial charge >= 0.3 is 5.97 Å². The summed E-state index contributed by atoms with van der Waals surface area (Å²) < 4.78 is 5.08. The summed E-state index contributed by atoms with van der Waals surface area (Å²) in [6.45, 7) is 5.48. The molecule has 2 rings (SSSR count). The maximum Gasteiger partial charge on any atom is 0.313 e. The second kappa shape index (κ2) is 6.57. The van der Waals surface area contributed by atoms with Crippen LogP contribution in [-0.2, 0) is 14.3 Å². The highest BCUT2D eigenvalue weighted by atomic mass is 16.5. The molecule has 1 aliphatic carbocycles. The van der Waals surface area contributed by atoms with E-state index < -0.39 is 11.4 Å². The van der Waals surface area contributed by atoms with Gasteiger partial charge in [-0.1, -0.05) is 26.7 Å². The number of amides is 1. The molecule has 1 N–H and O–H groups in total. The van der Waals surface area contributed by atoms with Gasteiger partial charge < -0.3 is 14.7 Å². The number of rotatable bonds is 5. The minimum absolute atomic E-state index is 0.110. The third kappa shape index (κ3) is 3.45. The second-order valence-corrected chi connectivity index (χ2v) is 7.72. The molecule has 0 radical (unpaired) electrons. The quantitative estimate of drug-likeness (QED) is 0.847. The van der Waals surface area contributed by atoms with E-state index in [4.69, 9.17) is 4.74 Å². The predicted octanol–water partition coefficient (Wildman–Crippen LogP) is 2.54. The van der Waals surface area contributed by atoms with E-state index in [2.05, 4.69) is 13.8 Å². The summed E-state index contributed by atoms with van der Waals surface area (Å²) in [5.74, 6) is -0.335. The molecule has 2 atom stereocenters. The van der Waals surface area contributed by atoms with Crippen molar-refractivity contribution >= 4 is 11.9 Å². The van der Waals surface area contributed by atoms with Crippen molar-refractivity contribution in [2.45, 2.75) is 52.4 Å². The highest BCUT2D eigenvalue weighted by Gasteiger charge is 2.47. The number of hydrogen-bond acceptors (Lipinski definition) is 3. The molecule has 0 bridgehead atoms. The second-order valence-electron chi connectivity index (χ2n) is 7.72. The summed E-state index contributed by atoms with van der Waals surface area (Å²) in [6, 6.07) is 0. The number of carboxylic acids is 1. The van der Waals surface area contributed by atoms with Gasteiger partial charge in [0.2, 0.25) is 5.91 Å². The number of nitrogens with zero attached hydrogens (tertiary/aromatic N) is 1. The highest BCUT2D eigenvalue weighted by Crippen LogP contribution is 2.43.